The van der Waals surface area contributed by atoms with E-state index >= 15 is 0 Å². The molecule has 3 aromatic rings. The highest BCUT2D eigenvalue weighted by Gasteiger charge is 2.06. The number of carbonyl (C=O) groups is 1. The van der Waals surface area contributed by atoms with Crippen molar-refractivity contribution in [2.45, 2.75) is 0 Å². The normalized spacial score (nSPS) is 10.4. The van der Waals surface area contributed by atoms with Gasteiger partial charge in [-0.1, -0.05) is 0 Å². The van der Waals surface area contributed by atoms with Crippen LogP contribution in [0.15, 0.2) is 48.8 Å². The number of benzene rings is 1. The van der Waals surface area contributed by atoms with Gasteiger partial charge in [-0.3, -0.25) is 0 Å². The van der Waals surface area contributed by atoms with Gasteiger partial charge in [-0.25, -0.2) is 18.3 Å². The van der Waals surface area contributed by atoms with Gasteiger partial charge in [-0.15, -0.1) is 10.2 Å². The molecule has 134 valence electrons. The summed E-state index contributed by atoms with van der Waals surface area (Å²) in [6.07, 6.45) is 3.40. The molecule has 8 nitrogen and oxygen atoms in total. The van der Waals surface area contributed by atoms with Gasteiger partial charge in [0, 0.05) is 37.2 Å². The summed E-state index contributed by atoms with van der Waals surface area (Å²) in [5.74, 6) is -0.866. The first-order valence-electron chi connectivity index (χ1n) is 7.69. The van der Waals surface area contributed by atoms with Crippen molar-refractivity contribution in [2.24, 2.45) is 0 Å². The van der Waals surface area contributed by atoms with E-state index in [1.807, 2.05) is 0 Å². The van der Waals surface area contributed by atoms with Gasteiger partial charge in [-0.05, 0) is 30.3 Å². The molecule has 10 heteroatoms. The number of hydrogen-bond acceptors (Lipinski definition) is 5. The lowest BCUT2D eigenvalue weighted by molar-refractivity contribution is 0.252. The summed E-state index contributed by atoms with van der Waals surface area (Å²) in [6, 6.07) is 7.87. The molecule has 0 aliphatic heterocycles. The van der Waals surface area contributed by atoms with Crippen LogP contribution < -0.4 is 16.0 Å². The van der Waals surface area contributed by atoms with E-state index in [0.29, 0.717) is 18.2 Å². The van der Waals surface area contributed by atoms with E-state index in [-0.39, 0.29) is 12.2 Å². The molecular formula is C16H15F2N7O. The van der Waals surface area contributed by atoms with Gasteiger partial charge >= 0.3 is 6.03 Å². The number of aromatic nitrogens is 4. The lowest BCUT2D eigenvalue weighted by atomic mass is 10.3. The summed E-state index contributed by atoms with van der Waals surface area (Å²) >= 11 is 0. The maximum Gasteiger partial charge on any atom is 0.319 e. The van der Waals surface area contributed by atoms with E-state index in [1.54, 1.807) is 35.3 Å². The van der Waals surface area contributed by atoms with Gasteiger partial charge < -0.3 is 16.0 Å². The van der Waals surface area contributed by atoms with Crippen molar-refractivity contribution < 1.29 is 13.6 Å². The molecule has 3 N–H and O–H groups in total. The highest BCUT2D eigenvalue weighted by molar-refractivity contribution is 5.89. The molecule has 0 saturated carbocycles. The molecule has 26 heavy (non-hydrogen) atoms. The number of halogens is 2. The smallest absolute Gasteiger partial charge is 0.319 e. The van der Waals surface area contributed by atoms with E-state index < -0.39 is 17.7 Å². The van der Waals surface area contributed by atoms with E-state index in [1.165, 1.54) is 6.07 Å². The Morgan fingerprint density at radius 3 is 2.65 bits per heavy atom. The van der Waals surface area contributed by atoms with E-state index in [2.05, 4.69) is 31.2 Å². The second-order valence-electron chi connectivity index (χ2n) is 5.16. The number of amides is 2. The molecule has 0 radical (unpaired) electrons. The maximum absolute atomic E-state index is 13.1. The van der Waals surface area contributed by atoms with Gasteiger partial charge in [0.25, 0.3) is 0 Å². The van der Waals surface area contributed by atoms with E-state index in [0.717, 1.165) is 12.1 Å². The third-order valence-corrected chi connectivity index (χ3v) is 3.28. The number of hydrogen-bond donors (Lipinski definition) is 3. The number of urea groups is 1. The summed E-state index contributed by atoms with van der Waals surface area (Å²) in [7, 11) is 0. The Hall–Kier alpha value is -3.56. The van der Waals surface area contributed by atoms with Crippen LogP contribution in [0.1, 0.15) is 0 Å². The molecule has 0 spiro atoms. The zero-order valence-electron chi connectivity index (χ0n) is 13.5. The molecule has 0 aliphatic carbocycles. The van der Waals surface area contributed by atoms with Gasteiger partial charge in [0.2, 0.25) is 0 Å². The predicted octanol–water partition coefficient (Wildman–Crippen LogP) is 2.17. The van der Waals surface area contributed by atoms with Crippen LogP contribution in [0.25, 0.3) is 5.82 Å². The lowest BCUT2D eigenvalue weighted by Crippen LogP contribution is -2.32. The number of carbonyl (C=O) groups excluding carboxylic acids is 1. The third kappa shape index (κ3) is 4.50. The molecule has 0 atom stereocenters. The number of rotatable bonds is 6. The number of anilines is 2. The Bertz CT molecular complexity index is 869. The van der Waals surface area contributed by atoms with Crippen molar-refractivity contribution in [2.75, 3.05) is 23.7 Å². The molecule has 0 unspecified atom stereocenters. The molecule has 1 aromatic carbocycles. The minimum absolute atomic E-state index is 0.162. The molecule has 2 aromatic heterocycles. The van der Waals surface area contributed by atoms with Gasteiger partial charge in [-0.2, -0.15) is 5.10 Å². The van der Waals surface area contributed by atoms with Crippen LogP contribution in [0, 0.1) is 11.6 Å². The molecule has 2 amide bonds. The Balaban J connectivity index is 1.40. The Morgan fingerprint density at radius 1 is 1.08 bits per heavy atom. The third-order valence-electron chi connectivity index (χ3n) is 3.28. The topological polar surface area (TPSA) is 96.8 Å². The van der Waals surface area contributed by atoms with Crippen molar-refractivity contribution in [3.8, 4) is 5.82 Å². The van der Waals surface area contributed by atoms with Crippen molar-refractivity contribution in [1.82, 2.24) is 25.3 Å². The number of nitrogens with zero attached hydrogens (tertiary/aromatic N) is 4. The SMILES string of the molecule is O=C(NCCNc1ccc(-n2cccn2)nn1)Nc1ccc(F)c(F)c1. The maximum atomic E-state index is 13.1. The molecule has 0 saturated heterocycles. The molecule has 3 rings (SSSR count). The standard InChI is InChI=1S/C16H15F2N7O/c17-12-3-2-11(10-13(12)18)22-16(26)20-8-7-19-14-4-5-15(24-23-14)25-9-1-6-21-25/h1-6,9-10H,7-8H2,(H,19,23)(H2,20,22,26). The highest BCUT2D eigenvalue weighted by Crippen LogP contribution is 2.12. The quantitative estimate of drug-likeness (QED) is 0.586. The second-order valence-corrected chi connectivity index (χ2v) is 5.16. The van der Waals surface area contributed by atoms with E-state index in [4.69, 9.17) is 0 Å². The molecule has 0 aliphatic rings. The second kappa shape index (κ2) is 8.01. The first kappa shape index (κ1) is 17.3. The molecule has 0 fully saturated rings. The van der Waals surface area contributed by atoms with Crippen LogP contribution in [0.5, 0.6) is 0 Å². The summed E-state index contributed by atoms with van der Waals surface area (Å²) < 4.78 is 27.5. The van der Waals surface area contributed by atoms with Crippen LogP contribution in [-0.2, 0) is 0 Å². The first-order valence-corrected chi connectivity index (χ1v) is 7.69. The minimum Gasteiger partial charge on any atom is -0.367 e. The highest BCUT2D eigenvalue weighted by atomic mass is 19.2. The Kier molecular flexibility index (Phi) is 5.32. The average molecular weight is 359 g/mol. The number of nitrogens with one attached hydrogen (secondary N) is 3. The average Bonchev–Trinajstić information content (AvgIpc) is 3.17. The largest absolute Gasteiger partial charge is 0.367 e. The monoisotopic (exact) mass is 359 g/mol. The van der Waals surface area contributed by atoms with Crippen LogP contribution >= 0.6 is 0 Å². The van der Waals surface area contributed by atoms with Gasteiger partial charge in [0.05, 0.1) is 0 Å². The fourth-order valence-corrected chi connectivity index (χ4v) is 2.06. The van der Waals surface area contributed by atoms with Crippen LogP contribution in [0.2, 0.25) is 0 Å². The summed E-state index contributed by atoms with van der Waals surface area (Å²) in [5.41, 5.74) is 0.162. The summed E-state index contributed by atoms with van der Waals surface area (Å²) in [5, 5.41) is 20.1. The lowest BCUT2D eigenvalue weighted by Gasteiger charge is -2.09. The fourth-order valence-electron chi connectivity index (χ4n) is 2.06. The molecule has 2 heterocycles. The van der Waals surface area contributed by atoms with Crippen molar-refractivity contribution >= 4 is 17.5 Å². The van der Waals surface area contributed by atoms with E-state index in [9.17, 15) is 13.6 Å². The van der Waals surface area contributed by atoms with Crippen LogP contribution in [0.4, 0.5) is 25.1 Å². The van der Waals surface area contributed by atoms with Crippen molar-refractivity contribution in [3.63, 3.8) is 0 Å². The Labute approximate surface area is 147 Å². The van der Waals surface area contributed by atoms with Gasteiger partial charge in [0.1, 0.15) is 5.82 Å². The van der Waals surface area contributed by atoms with Gasteiger partial charge in [0.15, 0.2) is 17.5 Å². The molecular weight excluding hydrogens is 344 g/mol. The molecule has 0 bridgehead atoms. The summed E-state index contributed by atoms with van der Waals surface area (Å²) in [6.45, 7) is 0.694. The first-order chi connectivity index (χ1) is 12.6. The Morgan fingerprint density at radius 2 is 1.96 bits per heavy atom. The predicted molar refractivity (Wildman–Crippen MR) is 91.0 cm³/mol. The van der Waals surface area contributed by atoms with Crippen molar-refractivity contribution in [1.29, 1.82) is 0 Å². The summed E-state index contributed by atoms with van der Waals surface area (Å²) in [4.78, 5) is 11.7. The van der Waals surface area contributed by atoms with Crippen LogP contribution in [-0.4, -0.2) is 39.1 Å². The zero-order valence-corrected chi connectivity index (χ0v) is 13.5. The van der Waals surface area contributed by atoms with Crippen LogP contribution in [0.3, 0.4) is 0 Å². The fraction of sp³-hybridized carbons (Fsp3) is 0.125. The zero-order chi connectivity index (χ0) is 18.4. The van der Waals surface area contributed by atoms with Crippen molar-refractivity contribution in [3.05, 3.63) is 60.4 Å². The minimum atomic E-state index is -1.03.